The van der Waals surface area contributed by atoms with Gasteiger partial charge in [0.1, 0.15) is 6.04 Å². The molecule has 0 aliphatic heterocycles. The van der Waals surface area contributed by atoms with Gasteiger partial charge in [-0.3, -0.25) is 4.79 Å². The number of carbonyl (C=O) groups excluding carboxylic acids is 2. The van der Waals surface area contributed by atoms with Crippen LogP contribution in [0, 0.1) is 5.92 Å². The third-order valence-corrected chi connectivity index (χ3v) is 5.23. The van der Waals surface area contributed by atoms with Crippen LogP contribution in [0.3, 0.4) is 0 Å². The van der Waals surface area contributed by atoms with Crippen LogP contribution in [0.1, 0.15) is 25.0 Å². The van der Waals surface area contributed by atoms with E-state index in [0.29, 0.717) is 24.5 Å². The molecule has 0 fully saturated rings. The number of alkyl halides is 3. The summed E-state index contributed by atoms with van der Waals surface area (Å²) in [6, 6.07) is 8.16. The van der Waals surface area contributed by atoms with Crippen molar-refractivity contribution < 1.29 is 32.2 Å². The Morgan fingerprint density at radius 1 is 1.03 bits per heavy atom. The SMILES string of the molecule is COc1ccc(CCN(C)C(=O)C(NC(=O)Nc2cccc(C(F)(F)F)c2)C(C)C)cc1OC. The van der Waals surface area contributed by atoms with Crippen LogP contribution in [-0.2, 0) is 17.4 Å². The van der Waals surface area contributed by atoms with Gasteiger partial charge in [-0.05, 0) is 48.2 Å². The van der Waals surface area contributed by atoms with Crippen molar-refractivity contribution in [3.63, 3.8) is 0 Å². The molecule has 0 saturated heterocycles. The van der Waals surface area contributed by atoms with Crippen molar-refractivity contribution in [1.82, 2.24) is 10.2 Å². The van der Waals surface area contributed by atoms with Crippen molar-refractivity contribution in [2.24, 2.45) is 5.92 Å². The molecule has 0 aliphatic carbocycles. The summed E-state index contributed by atoms with van der Waals surface area (Å²) < 4.78 is 49.2. The highest BCUT2D eigenvalue weighted by Gasteiger charge is 2.31. The summed E-state index contributed by atoms with van der Waals surface area (Å²) in [4.78, 5) is 26.9. The van der Waals surface area contributed by atoms with E-state index < -0.39 is 23.8 Å². The van der Waals surface area contributed by atoms with E-state index in [1.807, 2.05) is 12.1 Å². The molecule has 0 saturated carbocycles. The summed E-state index contributed by atoms with van der Waals surface area (Å²) in [7, 11) is 4.72. The third kappa shape index (κ3) is 7.29. The smallest absolute Gasteiger partial charge is 0.416 e. The number of methoxy groups -OCH3 is 2. The summed E-state index contributed by atoms with van der Waals surface area (Å²) in [5.74, 6) is 0.631. The minimum Gasteiger partial charge on any atom is -0.493 e. The predicted molar refractivity (Wildman–Crippen MR) is 123 cm³/mol. The fraction of sp³-hybridized carbons (Fsp3) is 0.417. The first-order valence-electron chi connectivity index (χ1n) is 10.7. The Hall–Kier alpha value is -3.43. The Bertz CT molecular complexity index is 996. The Balaban J connectivity index is 2.01. The summed E-state index contributed by atoms with van der Waals surface area (Å²) >= 11 is 0. The van der Waals surface area contributed by atoms with Gasteiger partial charge in [0.05, 0.1) is 19.8 Å². The number of nitrogens with zero attached hydrogens (tertiary/aromatic N) is 1. The quantitative estimate of drug-likeness (QED) is 0.550. The van der Waals surface area contributed by atoms with Crippen LogP contribution in [0.5, 0.6) is 11.5 Å². The lowest BCUT2D eigenvalue weighted by Crippen LogP contribution is -2.51. The Morgan fingerprint density at radius 3 is 2.29 bits per heavy atom. The molecule has 10 heteroatoms. The van der Waals surface area contributed by atoms with E-state index in [2.05, 4.69) is 10.6 Å². The molecule has 3 amide bonds. The molecule has 34 heavy (non-hydrogen) atoms. The molecule has 2 rings (SSSR count). The molecule has 0 aromatic heterocycles. The molecule has 7 nitrogen and oxygen atoms in total. The van der Waals surface area contributed by atoms with Gasteiger partial charge >= 0.3 is 12.2 Å². The average molecular weight is 482 g/mol. The zero-order chi connectivity index (χ0) is 25.5. The minimum atomic E-state index is -4.53. The number of nitrogens with one attached hydrogen (secondary N) is 2. The van der Waals surface area contributed by atoms with E-state index in [4.69, 9.17) is 9.47 Å². The second-order valence-electron chi connectivity index (χ2n) is 8.10. The van der Waals surface area contributed by atoms with Gasteiger partial charge in [-0.1, -0.05) is 26.0 Å². The number of anilines is 1. The molecule has 0 spiro atoms. The van der Waals surface area contributed by atoms with Gasteiger partial charge in [0.25, 0.3) is 0 Å². The summed E-state index contributed by atoms with van der Waals surface area (Å²) in [6.45, 7) is 3.93. The van der Waals surface area contributed by atoms with Crippen molar-refractivity contribution in [2.75, 3.05) is 33.1 Å². The fourth-order valence-corrected chi connectivity index (χ4v) is 3.28. The average Bonchev–Trinajstić information content (AvgIpc) is 2.79. The largest absolute Gasteiger partial charge is 0.493 e. The summed E-state index contributed by atoms with van der Waals surface area (Å²) in [5.41, 5.74) is 0.0365. The topological polar surface area (TPSA) is 79.9 Å². The van der Waals surface area contributed by atoms with Crippen molar-refractivity contribution in [3.05, 3.63) is 53.6 Å². The Kier molecular flexibility index (Phi) is 9.17. The van der Waals surface area contributed by atoms with Crippen LogP contribution in [0.4, 0.5) is 23.7 Å². The number of rotatable bonds is 9. The van der Waals surface area contributed by atoms with Crippen molar-refractivity contribution in [3.8, 4) is 11.5 Å². The van der Waals surface area contributed by atoms with Crippen LogP contribution < -0.4 is 20.1 Å². The molecule has 0 aliphatic rings. The molecule has 186 valence electrons. The first kappa shape index (κ1) is 26.8. The van der Waals surface area contributed by atoms with Gasteiger partial charge < -0.3 is 25.0 Å². The molecule has 1 unspecified atom stereocenters. The van der Waals surface area contributed by atoms with E-state index >= 15 is 0 Å². The zero-order valence-electron chi connectivity index (χ0n) is 19.8. The highest BCUT2D eigenvalue weighted by atomic mass is 19.4. The van der Waals surface area contributed by atoms with Gasteiger partial charge in [0.2, 0.25) is 5.91 Å². The van der Waals surface area contributed by atoms with Gasteiger partial charge in [-0.25, -0.2) is 4.79 Å². The fourth-order valence-electron chi connectivity index (χ4n) is 3.28. The van der Waals surface area contributed by atoms with E-state index in [1.54, 1.807) is 41.2 Å². The summed E-state index contributed by atoms with van der Waals surface area (Å²) in [5, 5.41) is 4.94. The number of carbonyl (C=O) groups is 2. The van der Waals surface area contributed by atoms with E-state index in [1.165, 1.54) is 17.0 Å². The highest BCUT2D eigenvalue weighted by molar-refractivity contribution is 5.93. The van der Waals surface area contributed by atoms with E-state index in [0.717, 1.165) is 17.7 Å². The van der Waals surface area contributed by atoms with E-state index in [9.17, 15) is 22.8 Å². The molecular formula is C24H30F3N3O4. The monoisotopic (exact) mass is 481 g/mol. The Morgan fingerprint density at radius 2 is 1.71 bits per heavy atom. The predicted octanol–water partition coefficient (Wildman–Crippen LogP) is 4.57. The summed E-state index contributed by atoms with van der Waals surface area (Å²) in [6.07, 6.45) is -3.98. The van der Waals surface area contributed by atoms with Crippen LogP contribution in [0.15, 0.2) is 42.5 Å². The van der Waals surface area contributed by atoms with Gasteiger partial charge in [-0.15, -0.1) is 0 Å². The van der Waals surface area contributed by atoms with Crippen molar-refractivity contribution in [1.29, 1.82) is 0 Å². The molecule has 2 N–H and O–H groups in total. The zero-order valence-corrected chi connectivity index (χ0v) is 19.8. The maximum absolute atomic E-state index is 13.0. The first-order valence-corrected chi connectivity index (χ1v) is 10.7. The lowest BCUT2D eigenvalue weighted by Gasteiger charge is -2.27. The van der Waals surface area contributed by atoms with E-state index in [-0.39, 0.29) is 17.5 Å². The van der Waals surface area contributed by atoms with Crippen molar-refractivity contribution in [2.45, 2.75) is 32.5 Å². The number of hydrogen-bond acceptors (Lipinski definition) is 4. The van der Waals surface area contributed by atoms with Gasteiger partial charge in [0.15, 0.2) is 11.5 Å². The standard InChI is InChI=1S/C24H30F3N3O4/c1-15(2)21(29-23(32)28-18-8-6-7-17(14-18)24(25,26)27)22(31)30(3)12-11-16-9-10-19(33-4)20(13-16)34-5/h6-10,13-15,21H,11-12H2,1-5H3,(H2,28,29,32). The number of halogens is 3. The number of benzene rings is 2. The normalized spacial score (nSPS) is 12.1. The maximum Gasteiger partial charge on any atom is 0.416 e. The van der Waals surface area contributed by atoms with Gasteiger partial charge in [0, 0.05) is 19.3 Å². The number of amides is 3. The number of hydrogen-bond donors (Lipinski definition) is 2. The number of urea groups is 1. The lowest BCUT2D eigenvalue weighted by molar-refractivity contribution is -0.137. The highest BCUT2D eigenvalue weighted by Crippen LogP contribution is 2.30. The maximum atomic E-state index is 13.0. The second-order valence-corrected chi connectivity index (χ2v) is 8.10. The molecule has 0 heterocycles. The third-order valence-electron chi connectivity index (χ3n) is 5.23. The molecule has 2 aromatic rings. The van der Waals surface area contributed by atoms with Crippen LogP contribution in [-0.4, -0.2) is 50.7 Å². The van der Waals surface area contributed by atoms with Crippen LogP contribution >= 0.6 is 0 Å². The van der Waals surface area contributed by atoms with Crippen LogP contribution in [0.2, 0.25) is 0 Å². The molecule has 1 atom stereocenters. The molecular weight excluding hydrogens is 451 g/mol. The molecule has 0 radical (unpaired) electrons. The Labute approximate surface area is 197 Å². The second kappa shape index (κ2) is 11.6. The molecule has 0 bridgehead atoms. The van der Waals surface area contributed by atoms with Crippen LogP contribution in [0.25, 0.3) is 0 Å². The lowest BCUT2D eigenvalue weighted by atomic mass is 10.0. The number of likely N-dealkylation sites (N-methyl/N-ethyl adjacent to an activating group) is 1. The first-order chi connectivity index (χ1) is 16.0. The minimum absolute atomic E-state index is 0.0240. The number of ether oxygens (including phenoxy) is 2. The van der Waals surface area contributed by atoms with Crippen molar-refractivity contribution >= 4 is 17.6 Å². The molecule has 2 aromatic carbocycles. The van der Waals surface area contributed by atoms with Gasteiger partial charge in [-0.2, -0.15) is 13.2 Å².